The monoisotopic (exact) mass is 568 g/mol. The number of aromatic hydroxyl groups is 1. The van der Waals surface area contributed by atoms with Crippen LogP contribution in [0.5, 0.6) is 11.5 Å². The lowest BCUT2D eigenvalue weighted by Gasteiger charge is -2.09. The van der Waals surface area contributed by atoms with Crippen molar-refractivity contribution in [1.29, 1.82) is 0 Å². The maximum Gasteiger partial charge on any atom is 0.534 e. The third-order valence-corrected chi connectivity index (χ3v) is 6.78. The number of furan rings is 2. The zero-order valence-corrected chi connectivity index (χ0v) is 20.5. The van der Waals surface area contributed by atoms with E-state index in [0.29, 0.717) is 32.2 Å². The topological polar surface area (TPSA) is 89.9 Å². The Bertz CT molecular complexity index is 1910. The molecule has 0 amide bonds. The van der Waals surface area contributed by atoms with Gasteiger partial charge in [0.05, 0.1) is 10.8 Å². The second-order valence-corrected chi connectivity index (χ2v) is 10.2. The zero-order chi connectivity index (χ0) is 26.5. The lowest BCUT2D eigenvalue weighted by Crippen LogP contribution is -2.28. The van der Waals surface area contributed by atoms with Crippen LogP contribution in [0.25, 0.3) is 43.9 Å². The molecule has 0 aliphatic carbocycles. The lowest BCUT2D eigenvalue weighted by molar-refractivity contribution is -0.0499. The van der Waals surface area contributed by atoms with E-state index in [1.54, 1.807) is 24.3 Å². The molecule has 2 aromatic heterocycles. The van der Waals surface area contributed by atoms with Crippen LogP contribution in [0.1, 0.15) is 0 Å². The first-order valence-corrected chi connectivity index (χ1v) is 12.5. The van der Waals surface area contributed by atoms with Crippen LogP contribution in [0.3, 0.4) is 0 Å². The van der Waals surface area contributed by atoms with Crippen molar-refractivity contribution in [3.63, 3.8) is 0 Å². The van der Waals surface area contributed by atoms with Gasteiger partial charge in [0.15, 0.2) is 5.75 Å². The predicted molar refractivity (Wildman–Crippen MR) is 135 cm³/mol. The summed E-state index contributed by atoms with van der Waals surface area (Å²) in [6.07, 6.45) is 0. The number of phenols is 1. The van der Waals surface area contributed by atoms with Crippen LogP contribution in [0.2, 0.25) is 10.0 Å². The van der Waals surface area contributed by atoms with Gasteiger partial charge in [-0.25, -0.2) is 0 Å². The summed E-state index contributed by atoms with van der Waals surface area (Å²) in [6, 6.07) is 19.0. The van der Waals surface area contributed by atoms with E-state index in [4.69, 9.17) is 32.0 Å². The summed E-state index contributed by atoms with van der Waals surface area (Å²) in [5.74, 6) is -0.232. The molecule has 0 fully saturated rings. The van der Waals surface area contributed by atoms with Crippen molar-refractivity contribution < 1.29 is 39.7 Å². The second-order valence-electron chi connectivity index (χ2n) is 7.75. The molecule has 6 rings (SSSR count). The van der Waals surface area contributed by atoms with Crippen molar-refractivity contribution >= 4 is 77.2 Å². The number of fused-ring (bicyclic) bond motifs is 6. The number of hydrogen-bond acceptors (Lipinski definition) is 6. The number of alkyl halides is 3. The Morgan fingerprint density at radius 2 is 1.24 bits per heavy atom. The van der Waals surface area contributed by atoms with E-state index in [1.165, 1.54) is 30.3 Å². The van der Waals surface area contributed by atoms with E-state index in [1.807, 2.05) is 12.1 Å². The quantitative estimate of drug-likeness (QED) is 0.166. The first kappa shape index (κ1) is 25.1. The van der Waals surface area contributed by atoms with Gasteiger partial charge in [-0.3, -0.25) is 0 Å². The molecule has 190 valence electrons. The summed E-state index contributed by atoms with van der Waals surface area (Å²) in [5, 5.41) is 12.9. The largest absolute Gasteiger partial charge is 0.534 e. The highest BCUT2D eigenvalue weighted by atomic mass is 35.5. The van der Waals surface area contributed by atoms with E-state index in [0.717, 1.165) is 16.8 Å². The Morgan fingerprint density at radius 1 is 0.730 bits per heavy atom. The fourth-order valence-corrected chi connectivity index (χ4v) is 4.58. The van der Waals surface area contributed by atoms with Gasteiger partial charge in [-0.05, 0) is 48.5 Å². The predicted octanol–water partition coefficient (Wildman–Crippen LogP) is 8.41. The molecule has 0 aliphatic rings. The zero-order valence-electron chi connectivity index (χ0n) is 18.2. The highest BCUT2D eigenvalue weighted by Crippen LogP contribution is 2.39. The number of benzene rings is 4. The van der Waals surface area contributed by atoms with Crippen LogP contribution in [0, 0.1) is 0 Å². The molecule has 0 radical (unpaired) electrons. The molecule has 0 saturated heterocycles. The average Bonchev–Trinajstić information content (AvgIpc) is 3.36. The van der Waals surface area contributed by atoms with Gasteiger partial charge in [0.1, 0.15) is 28.1 Å². The number of rotatable bonds is 2. The molecule has 0 saturated carbocycles. The normalized spacial score (nSPS) is 12.2. The Labute approximate surface area is 216 Å². The van der Waals surface area contributed by atoms with Gasteiger partial charge in [0, 0.05) is 33.0 Å². The third kappa shape index (κ3) is 4.63. The maximum absolute atomic E-state index is 12.5. The molecule has 0 spiro atoms. The minimum Gasteiger partial charge on any atom is -0.507 e. The van der Waals surface area contributed by atoms with E-state index in [9.17, 15) is 26.7 Å². The Hall–Kier alpha value is -3.60. The van der Waals surface area contributed by atoms with Gasteiger partial charge in [-0.2, -0.15) is 21.6 Å². The molecule has 0 bridgehead atoms. The van der Waals surface area contributed by atoms with Gasteiger partial charge < -0.3 is 18.1 Å². The molecular weight excluding hydrogens is 556 g/mol. The average molecular weight is 569 g/mol. The van der Waals surface area contributed by atoms with Crippen LogP contribution in [-0.2, 0) is 10.1 Å². The van der Waals surface area contributed by atoms with E-state index in [2.05, 4.69) is 4.18 Å². The maximum atomic E-state index is 12.5. The molecule has 6 aromatic rings. The van der Waals surface area contributed by atoms with E-state index in [-0.39, 0.29) is 16.7 Å². The van der Waals surface area contributed by atoms with Gasteiger partial charge in [-0.15, -0.1) is 0 Å². The smallest absolute Gasteiger partial charge is 0.507 e. The molecular formula is C25H13Cl2F3O6S. The van der Waals surface area contributed by atoms with Gasteiger partial charge in [0.2, 0.25) is 0 Å². The molecule has 0 unspecified atom stereocenters. The van der Waals surface area contributed by atoms with Crippen LogP contribution < -0.4 is 4.18 Å². The van der Waals surface area contributed by atoms with Crippen LogP contribution >= 0.6 is 23.2 Å². The van der Waals surface area contributed by atoms with Crippen molar-refractivity contribution in [3.05, 3.63) is 82.8 Å². The molecule has 4 aromatic carbocycles. The number of halogens is 5. The van der Waals surface area contributed by atoms with Crippen LogP contribution in [-0.4, -0.2) is 19.0 Å². The molecule has 0 aliphatic heterocycles. The lowest BCUT2D eigenvalue weighted by atomic mass is 10.1. The summed E-state index contributed by atoms with van der Waals surface area (Å²) in [6.45, 7) is 0. The summed E-state index contributed by atoms with van der Waals surface area (Å²) < 4.78 is 75.0. The highest BCUT2D eigenvalue weighted by molar-refractivity contribution is 7.88. The molecule has 37 heavy (non-hydrogen) atoms. The Balaban J connectivity index is 0.000000162. The molecule has 0 atom stereocenters. The summed E-state index contributed by atoms with van der Waals surface area (Å²) in [5.41, 5.74) is -3.65. The number of hydrogen-bond donors (Lipinski definition) is 1. The fourth-order valence-electron chi connectivity index (χ4n) is 3.78. The van der Waals surface area contributed by atoms with E-state index < -0.39 is 21.4 Å². The van der Waals surface area contributed by atoms with Crippen LogP contribution in [0.15, 0.2) is 81.6 Å². The Morgan fingerprint density at radius 3 is 1.81 bits per heavy atom. The van der Waals surface area contributed by atoms with Gasteiger partial charge in [0.25, 0.3) is 0 Å². The Kier molecular flexibility index (Phi) is 6.13. The molecule has 1 N–H and O–H groups in total. The summed E-state index contributed by atoms with van der Waals surface area (Å²) in [4.78, 5) is 0. The fraction of sp³-hybridized carbons (Fsp3) is 0.0400. The highest BCUT2D eigenvalue weighted by Gasteiger charge is 2.48. The minimum atomic E-state index is -5.76. The molecule has 2 heterocycles. The van der Waals surface area contributed by atoms with Crippen molar-refractivity contribution in [2.75, 3.05) is 0 Å². The molecule has 12 heteroatoms. The van der Waals surface area contributed by atoms with Gasteiger partial charge in [-0.1, -0.05) is 35.3 Å². The molecule has 6 nitrogen and oxygen atoms in total. The van der Waals surface area contributed by atoms with Crippen molar-refractivity contribution in [2.45, 2.75) is 5.51 Å². The van der Waals surface area contributed by atoms with Crippen molar-refractivity contribution in [1.82, 2.24) is 0 Å². The summed E-state index contributed by atoms with van der Waals surface area (Å²) >= 11 is 11.7. The standard InChI is InChI=1S/C13H6ClF3O4S.C12H7ClO2/c14-7-4-5-8-11(6-7)20-9-2-1-3-10(12(8)9)21-22(18,19)13(15,16)17;13-7-4-5-8-11(6-7)15-10-3-1-2-9(14)12(8)10/h1-6H;1-6,14H. The van der Waals surface area contributed by atoms with Crippen molar-refractivity contribution in [3.8, 4) is 11.5 Å². The SMILES string of the molecule is O=S(=O)(Oc1cccc2oc3cc(Cl)ccc3c12)C(F)(F)F.Oc1cccc2oc3cc(Cl)ccc3c12. The minimum absolute atomic E-state index is 0.127. The van der Waals surface area contributed by atoms with Crippen molar-refractivity contribution in [2.24, 2.45) is 0 Å². The van der Waals surface area contributed by atoms with Gasteiger partial charge >= 0.3 is 15.6 Å². The second kappa shape index (κ2) is 9.05. The summed E-state index contributed by atoms with van der Waals surface area (Å²) in [7, 11) is -5.76. The first-order chi connectivity index (χ1) is 17.4. The third-order valence-electron chi connectivity index (χ3n) is 5.34. The first-order valence-electron chi connectivity index (χ1n) is 10.4. The number of phenolic OH excluding ortho intramolecular Hbond substituents is 1. The van der Waals surface area contributed by atoms with E-state index >= 15 is 0 Å². The van der Waals surface area contributed by atoms with Crippen LogP contribution in [0.4, 0.5) is 13.2 Å².